The maximum Gasteiger partial charge on any atom is 0.274 e. The van der Waals surface area contributed by atoms with E-state index in [4.69, 9.17) is 5.11 Å². The number of hydrogen-bond acceptors (Lipinski definition) is 5. The Kier molecular flexibility index (Phi) is 6.21. The molecule has 0 saturated heterocycles. The van der Waals surface area contributed by atoms with Gasteiger partial charge in [0.1, 0.15) is 11.5 Å². The van der Waals surface area contributed by atoms with Crippen molar-refractivity contribution in [3.8, 4) is 0 Å². The molecule has 0 radical (unpaired) electrons. The monoisotopic (exact) mass is 266 g/mol. The Morgan fingerprint density at radius 2 is 2.21 bits per heavy atom. The molecule has 1 aromatic heterocycles. The highest BCUT2D eigenvalue weighted by atomic mass is 16.3. The third-order valence-electron chi connectivity index (χ3n) is 2.63. The van der Waals surface area contributed by atoms with E-state index in [0.717, 1.165) is 13.0 Å². The summed E-state index contributed by atoms with van der Waals surface area (Å²) in [6.45, 7) is 6.88. The van der Waals surface area contributed by atoms with Gasteiger partial charge in [0.2, 0.25) is 0 Å². The van der Waals surface area contributed by atoms with Gasteiger partial charge in [-0.05, 0) is 20.3 Å². The van der Waals surface area contributed by atoms with Gasteiger partial charge in [-0.2, -0.15) is 0 Å². The largest absolute Gasteiger partial charge is 0.395 e. The second kappa shape index (κ2) is 7.68. The number of nitrogens with zero attached hydrogens (tertiary/aromatic N) is 3. The molecule has 19 heavy (non-hydrogen) atoms. The number of amides is 1. The third kappa shape index (κ3) is 4.48. The Balaban J connectivity index is 2.85. The van der Waals surface area contributed by atoms with Crippen LogP contribution < -0.4 is 5.32 Å². The van der Waals surface area contributed by atoms with Crippen LogP contribution in [0, 0.1) is 0 Å². The maximum atomic E-state index is 12.3. The van der Waals surface area contributed by atoms with Gasteiger partial charge in [-0.15, -0.1) is 0 Å². The molecule has 0 unspecified atom stereocenters. The predicted octanol–water partition coefficient (Wildman–Crippen LogP) is 1.14. The number of carbonyl (C=O) groups excluding carboxylic acids is 1. The molecule has 0 saturated carbocycles. The highest BCUT2D eigenvalue weighted by Crippen LogP contribution is 2.08. The van der Waals surface area contributed by atoms with Crippen LogP contribution in [0.3, 0.4) is 0 Å². The summed E-state index contributed by atoms with van der Waals surface area (Å²) in [6.07, 6.45) is 4.02. The average molecular weight is 266 g/mol. The van der Waals surface area contributed by atoms with E-state index >= 15 is 0 Å². The topological polar surface area (TPSA) is 78.4 Å². The van der Waals surface area contributed by atoms with Crippen LogP contribution in [0.15, 0.2) is 12.4 Å². The molecule has 1 heterocycles. The lowest BCUT2D eigenvalue weighted by molar-refractivity contribution is 0.0659. The summed E-state index contributed by atoms with van der Waals surface area (Å²) < 4.78 is 0. The highest BCUT2D eigenvalue weighted by Gasteiger charge is 2.19. The number of rotatable bonds is 7. The smallest absolute Gasteiger partial charge is 0.274 e. The quantitative estimate of drug-likeness (QED) is 0.774. The maximum absolute atomic E-state index is 12.3. The van der Waals surface area contributed by atoms with Crippen molar-refractivity contribution in [2.45, 2.75) is 33.2 Å². The number of anilines is 1. The molecule has 0 aromatic carbocycles. The van der Waals surface area contributed by atoms with Gasteiger partial charge in [0.25, 0.3) is 5.91 Å². The minimum Gasteiger partial charge on any atom is -0.395 e. The van der Waals surface area contributed by atoms with E-state index in [1.165, 1.54) is 6.20 Å². The van der Waals surface area contributed by atoms with Gasteiger partial charge in [0.05, 0.1) is 19.0 Å². The molecule has 6 nitrogen and oxygen atoms in total. The summed E-state index contributed by atoms with van der Waals surface area (Å²) in [5.74, 6) is 0.386. The zero-order chi connectivity index (χ0) is 14.3. The van der Waals surface area contributed by atoms with Crippen molar-refractivity contribution >= 4 is 11.7 Å². The van der Waals surface area contributed by atoms with Crippen LogP contribution in [-0.2, 0) is 0 Å². The highest BCUT2D eigenvalue weighted by molar-refractivity contribution is 5.92. The van der Waals surface area contributed by atoms with Gasteiger partial charge in [-0.3, -0.25) is 9.78 Å². The van der Waals surface area contributed by atoms with E-state index in [2.05, 4.69) is 22.2 Å². The Hall–Kier alpha value is -1.69. The van der Waals surface area contributed by atoms with E-state index < -0.39 is 0 Å². The van der Waals surface area contributed by atoms with Crippen molar-refractivity contribution in [1.29, 1.82) is 0 Å². The predicted molar refractivity (Wildman–Crippen MR) is 74.1 cm³/mol. The summed E-state index contributed by atoms with van der Waals surface area (Å²) in [6, 6.07) is 0.00806. The van der Waals surface area contributed by atoms with Crippen LogP contribution in [0.25, 0.3) is 0 Å². The number of aliphatic hydroxyl groups excluding tert-OH is 1. The average Bonchev–Trinajstić information content (AvgIpc) is 2.41. The lowest BCUT2D eigenvalue weighted by atomic mass is 10.2. The third-order valence-corrected chi connectivity index (χ3v) is 2.63. The Bertz CT molecular complexity index is 409. The first-order valence-corrected chi connectivity index (χ1v) is 6.57. The Morgan fingerprint density at radius 3 is 2.79 bits per heavy atom. The van der Waals surface area contributed by atoms with E-state index in [1.54, 1.807) is 11.1 Å². The SMILES string of the molecule is CCCNc1cncc(C(=O)N(CCO)C(C)C)n1. The summed E-state index contributed by atoms with van der Waals surface area (Å²) in [7, 11) is 0. The van der Waals surface area contributed by atoms with Crippen molar-refractivity contribution in [3.63, 3.8) is 0 Å². The van der Waals surface area contributed by atoms with E-state index in [9.17, 15) is 4.79 Å². The van der Waals surface area contributed by atoms with Gasteiger partial charge >= 0.3 is 0 Å². The van der Waals surface area contributed by atoms with Gasteiger partial charge in [-0.25, -0.2) is 4.98 Å². The number of aromatic nitrogens is 2. The van der Waals surface area contributed by atoms with E-state index in [1.807, 2.05) is 13.8 Å². The first kappa shape index (κ1) is 15.4. The molecule has 0 atom stereocenters. The molecule has 6 heteroatoms. The summed E-state index contributed by atoms with van der Waals surface area (Å²) in [5, 5.41) is 12.1. The summed E-state index contributed by atoms with van der Waals surface area (Å²) >= 11 is 0. The van der Waals surface area contributed by atoms with Crippen LogP contribution in [0.4, 0.5) is 5.82 Å². The molecule has 0 aliphatic carbocycles. The second-order valence-electron chi connectivity index (χ2n) is 4.53. The summed E-state index contributed by atoms with van der Waals surface area (Å²) in [4.78, 5) is 22.1. The molecule has 2 N–H and O–H groups in total. The summed E-state index contributed by atoms with van der Waals surface area (Å²) in [5.41, 5.74) is 0.295. The van der Waals surface area contributed by atoms with E-state index in [-0.39, 0.29) is 18.6 Å². The zero-order valence-electron chi connectivity index (χ0n) is 11.8. The minimum absolute atomic E-state index is 0.00806. The standard InChI is InChI=1S/C13H22N4O2/c1-4-5-15-12-9-14-8-11(16-12)13(19)17(6-7-18)10(2)3/h8-10,18H,4-7H2,1-3H3,(H,15,16). The van der Waals surface area contributed by atoms with Crippen LogP contribution in [0.5, 0.6) is 0 Å². The van der Waals surface area contributed by atoms with Crippen LogP contribution in [-0.4, -0.2) is 51.6 Å². The molecule has 1 aromatic rings. The fraction of sp³-hybridized carbons (Fsp3) is 0.615. The molecule has 1 amide bonds. The molecule has 0 aliphatic heterocycles. The first-order valence-electron chi connectivity index (χ1n) is 6.57. The zero-order valence-corrected chi connectivity index (χ0v) is 11.8. The van der Waals surface area contributed by atoms with Crippen molar-refractivity contribution in [1.82, 2.24) is 14.9 Å². The first-order chi connectivity index (χ1) is 9.10. The normalized spacial score (nSPS) is 10.6. The van der Waals surface area contributed by atoms with Crippen molar-refractivity contribution in [2.75, 3.05) is 25.0 Å². The van der Waals surface area contributed by atoms with Crippen LogP contribution in [0.1, 0.15) is 37.7 Å². The van der Waals surface area contributed by atoms with E-state index in [0.29, 0.717) is 18.1 Å². The number of aliphatic hydroxyl groups is 1. The molecule has 1 rings (SSSR count). The molecule has 0 aliphatic rings. The lowest BCUT2D eigenvalue weighted by Crippen LogP contribution is -2.39. The van der Waals surface area contributed by atoms with Gasteiger partial charge in [0, 0.05) is 19.1 Å². The van der Waals surface area contributed by atoms with Gasteiger partial charge in [0.15, 0.2) is 0 Å². The number of hydrogen-bond donors (Lipinski definition) is 2. The van der Waals surface area contributed by atoms with Crippen molar-refractivity contribution in [2.24, 2.45) is 0 Å². The van der Waals surface area contributed by atoms with Gasteiger partial charge < -0.3 is 15.3 Å². The molecule has 0 fully saturated rings. The fourth-order valence-electron chi connectivity index (χ4n) is 1.66. The fourth-order valence-corrected chi connectivity index (χ4v) is 1.66. The molecule has 106 valence electrons. The van der Waals surface area contributed by atoms with Crippen molar-refractivity contribution in [3.05, 3.63) is 18.1 Å². The molecule has 0 spiro atoms. The molecular formula is C13H22N4O2. The Morgan fingerprint density at radius 1 is 1.47 bits per heavy atom. The minimum atomic E-state index is -0.211. The number of nitrogens with one attached hydrogen (secondary N) is 1. The second-order valence-corrected chi connectivity index (χ2v) is 4.53. The van der Waals surface area contributed by atoms with Crippen LogP contribution in [0.2, 0.25) is 0 Å². The molecular weight excluding hydrogens is 244 g/mol. The number of carbonyl (C=O) groups is 1. The van der Waals surface area contributed by atoms with Crippen LogP contribution >= 0.6 is 0 Å². The van der Waals surface area contributed by atoms with Gasteiger partial charge in [-0.1, -0.05) is 6.92 Å². The lowest BCUT2D eigenvalue weighted by Gasteiger charge is -2.25. The molecule has 0 bridgehead atoms. The van der Waals surface area contributed by atoms with Crippen molar-refractivity contribution < 1.29 is 9.90 Å². The Labute approximate surface area is 113 Å².